The number of nitrogens with zero attached hydrogens (tertiary/aromatic N) is 1. The maximum Gasteiger partial charge on any atom is 0.261 e. The molecule has 1 saturated heterocycles. The van der Waals surface area contributed by atoms with Crippen molar-refractivity contribution in [3.8, 4) is 17.2 Å². The van der Waals surface area contributed by atoms with Crippen molar-refractivity contribution < 1.29 is 27.2 Å². The second-order valence-electron chi connectivity index (χ2n) is 5.25. The molecule has 0 saturated carbocycles. The van der Waals surface area contributed by atoms with Gasteiger partial charge in [-0.05, 0) is 6.07 Å². The number of hydrogen-bond donors (Lipinski definition) is 2. The molecule has 9 heteroatoms. The van der Waals surface area contributed by atoms with Gasteiger partial charge in [-0.25, -0.2) is 0 Å². The molecule has 0 aliphatic carbocycles. The Hall–Kier alpha value is -1.55. The van der Waals surface area contributed by atoms with Crippen LogP contribution in [0.3, 0.4) is 0 Å². The third kappa shape index (κ3) is 6.91. The zero-order valence-electron chi connectivity index (χ0n) is 14.5. The zero-order chi connectivity index (χ0) is 18.2. The van der Waals surface area contributed by atoms with Crippen LogP contribution in [0.1, 0.15) is 5.56 Å². The Labute approximate surface area is 143 Å². The lowest BCUT2D eigenvalue weighted by Crippen LogP contribution is -2.42. The first kappa shape index (κ1) is 20.5. The molecule has 1 aliphatic rings. The second kappa shape index (κ2) is 9.67. The summed E-state index contributed by atoms with van der Waals surface area (Å²) in [6.07, 6.45) is 0.715. The van der Waals surface area contributed by atoms with E-state index in [1.807, 2.05) is 12.1 Å². The minimum Gasteiger partial charge on any atom is -0.493 e. The van der Waals surface area contributed by atoms with Crippen LogP contribution in [0.15, 0.2) is 12.1 Å². The Morgan fingerprint density at radius 3 is 2.08 bits per heavy atom. The average molecular weight is 362 g/mol. The largest absolute Gasteiger partial charge is 0.493 e. The molecule has 1 aromatic carbocycles. The highest BCUT2D eigenvalue weighted by atomic mass is 32.2. The molecule has 8 nitrogen and oxygen atoms in total. The maximum atomic E-state index is 9.19. The standard InChI is InChI=1S/C14H22N2O3.CH4O3S/c1-17-12-5-4-11(13(18-2)14(12)19-3)10-16-8-6-15-7-9-16;1-5(2,3)4/h4-5,15H,6-10H2,1-3H3;1H3,(H,2,3,4). The van der Waals surface area contributed by atoms with Gasteiger partial charge in [0.2, 0.25) is 5.75 Å². The first-order chi connectivity index (χ1) is 11.3. The lowest BCUT2D eigenvalue weighted by atomic mass is 10.1. The van der Waals surface area contributed by atoms with E-state index in [-0.39, 0.29) is 0 Å². The van der Waals surface area contributed by atoms with Crippen molar-refractivity contribution in [1.82, 2.24) is 10.2 Å². The summed E-state index contributed by atoms with van der Waals surface area (Å²) in [6.45, 7) is 5.05. The molecule has 138 valence electrons. The number of methoxy groups -OCH3 is 3. The Morgan fingerprint density at radius 1 is 1.08 bits per heavy atom. The van der Waals surface area contributed by atoms with Crippen LogP contribution in [-0.2, 0) is 16.7 Å². The first-order valence-corrected chi connectivity index (χ1v) is 9.28. The van der Waals surface area contributed by atoms with Gasteiger partial charge in [-0.1, -0.05) is 6.07 Å². The van der Waals surface area contributed by atoms with Gasteiger partial charge in [0.25, 0.3) is 10.1 Å². The molecule has 0 unspecified atom stereocenters. The van der Waals surface area contributed by atoms with Crippen molar-refractivity contribution in [1.29, 1.82) is 0 Å². The summed E-state index contributed by atoms with van der Waals surface area (Å²) in [7, 11) is 1.26. The van der Waals surface area contributed by atoms with Gasteiger partial charge >= 0.3 is 0 Å². The van der Waals surface area contributed by atoms with Gasteiger partial charge in [0.1, 0.15) is 0 Å². The van der Waals surface area contributed by atoms with Crippen molar-refractivity contribution in [3.63, 3.8) is 0 Å². The molecule has 0 spiro atoms. The number of nitrogens with one attached hydrogen (secondary N) is 1. The highest BCUT2D eigenvalue weighted by Crippen LogP contribution is 2.40. The van der Waals surface area contributed by atoms with Gasteiger partial charge < -0.3 is 19.5 Å². The highest BCUT2D eigenvalue weighted by molar-refractivity contribution is 7.85. The molecule has 0 radical (unpaired) electrons. The third-order valence-corrected chi connectivity index (χ3v) is 3.39. The van der Waals surface area contributed by atoms with Crippen LogP contribution in [0.2, 0.25) is 0 Å². The van der Waals surface area contributed by atoms with E-state index < -0.39 is 10.1 Å². The van der Waals surface area contributed by atoms with Crippen LogP contribution in [0.25, 0.3) is 0 Å². The van der Waals surface area contributed by atoms with Crippen molar-refractivity contribution in [2.45, 2.75) is 6.54 Å². The van der Waals surface area contributed by atoms with Gasteiger partial charge in [0.05, 0.1) is 27.6 Å². The summed E-state index contributed by atoms with van der Waals surface area (Å²) in [5.74, 6) is 2.13. The van der Waals surface area contributed by atoms with E-state index in [0.29, 0.717) is 17.8 Å². The second-order valence-corrected chi connectivity index (χ2v) is 6.72. The Morgan fingerprint density at radius 2 is 1.62 bits per heavy atom. The molecule has 0 bridgehead atoms. The van der Waals surface area contributed by atoms with E-state index in [4.69, 9.17) is 18.8 Å². The van der Waals surface area contributed by atoms with Crippen molar-refractivity contribution in [2.75, 3.05) is 53.8 Å². The minimum absolute atomic E-state index is 0.664. The van der Waals surface area contributed by atoms with Gasteiger partial charge in [0, 0.05) is 38.3 Å². The molecule has 2 rings (SSSR count). The van der Waals surface area contributed by atoms with E-state index >= 15 is 0 Å². The topological polar surface area (TPSA) is 97.3 Å². The molecule has 0 amide bonds. The normalized spacial score (nSPS) is 15.2. The molecular weight excluding hydrogens is 336 g/mol. The van der Waals surface area contributed by atoms with Gasteiger partial charge in [0.15, 0.2) is 11.5 Å². The van der Waals surface area contributed by atoms with Crippen LogP contribution >= 0.6 is 0 Å². The lowest BCUT2D eigenvalue weighted by molar-refractivity contribution is 0.228. The molecule has 0 aromatic heterocycles. The fourth-order valence-electron chi connectivity index (χ4n) is 2.40. The predicted octanol–water partition coefficient (Wildman–Crippen LogP) is 0.622. The Bertz CT molecular complexity index is 607. The summed E-state index contributed by atoms with van der Waals surface area (Å²) in [5.41, 5.74) is 1.13. The first-order valence-electron chi connectivity index (χ1n) is 7.43. The quantitative estimate of drug-likeness (QED) is 0.736. The molecule has 2 N–H and O–H groups in total. The van der Waals surface area contributed by atoms with E-state index in [9.17, 15) is 8.42 Å². The van der Waals surface area contributed by atoms with Crippen LogP contribution < -0.4 is 19.5 Å². The molecule has 1 aliphatic heterocycles. The van der Waals surface area contributed by atoms with Crippen molar-refractivity contribution >= 4 is 10.1 Å². The van der Waals surface area contributed by atoms with Gasteiger partial charge in [-0.3, -0.25) is 9.45 Å². The average Bonchev–Trinajstić information content (AvgIpc) is 2.53. The summed E-state index contributed by atoms with van der Waals surface area (Å²) in [4.78, 5) is 2.40. The number of ether oxygens (including phenoxy) is 3. The van der Waals surface area contributed by atoms with E-state index in [1.165, 1.54) is 0 Å². The summed E-state index contributed by atoms with van der Waals surface area (Å²) in [5, 5.41) is 3.35. The molecule has 24 heavy (non-hydrogen) atoms. The molecule has 1 fully saturated rings. The fraction of sp³-hybridized carbons (Fsp3) is 0.600. The van der Waals surface area contributed by atoms with Crippen molar-refractivity contribution in [2.24, 2.45) is 0 Å². The van der Waals surface area contributed by atoms with Gasteiger partial charge in [-0.15, -0.1) is 0 Å². The maximum absolute atomic E-state index is 9.19. The van der Waals surface area contributed by atoms with Crippen LogP contribution in [0.5, 0.6) is 17.2 Å². The fourth-order valence-corrected chi connectivity index (χ4v) is 2.40. The summed E-state index contributed by atoms with van der Waals surface area (Å²) >= 11 is 0. The summed E-state index contributed by atoms with van der Waals surface area (Å²) in [6, 6.07) is 3.97. The predicted molar refractivity (Wildman–Crippen MR) is 91.7 cm³/mol. The SMILES string of the molecule is COc1ccc(CN2CCNCC2)c(OC)c1OC.CS(=O)(=O)O. The molecule has 1 heterocycles. The van der Waals surface area contributed by atoms with Crippen molar-refractivity contribution in [3.05, 3.63) is 17.7 Å². The van der Waals surface area contributed by atoms with E-state index in [1.54, 1.807) is 21.3 Å². The Kier molecular flexibility index (Phi) is 8.26. The summed E-state index contributed by atoms with van der Waals surface area (Å²) < 4.78 is 42.1. The molecule has 0 atom stereocenters. The third-order valence-electron chi connectivity index (χ3n) is 3.39. The minimum atomic E-state index is -3.67. The molecule has 1 aromatic rings. The lowest BCUT2D eigenvalue weighted by Gasteiger charge is -2.28. The number of rotatable bonds is 5. The van der Waals surface area contributed by atoms with Crippen LogP contribution in [0, 0.1) is 0 Å². The number of hydrogen-bond acceptors (Lipinski definition) is 7. The monoisotopic (exact) mass is 362 g/mol. The Balaban J connectivity index is 0.000000505. The molecular formula is C15H26N2O6S. The van der Waals surface area contributed by atoms with E-state index in [0.717, 1.165) is 44.0 Å². The van der Waals surface area contributed by atoms with Crippen LogP contribution in [-0.4, -0.2) is 71.6 Å². The highest BCUT2D eigenvalue weighted by Gasteiger charge is 2.18. The zero-order valence-corrected chi connectivity index (χ0v) is 15.4. The van der Waals surface area contributed by atoms with Crippen LogP contribution in [0.4, 0.5) is 0 Å². The van der Waals surface area contributed by atoms with E-state index in [2.05, 4.69) is 10.2 Å². The number of piperazine rings is 1. The van der Waals surface area contributed by atoms with Gasteiger partial charge in [-0.2, -0.15) is 8.42 Å². The smallest absolute Gasteiger partial charge is 0.261 e. The number of benzene rings is 1.